The highest BCUT2D eigenvalue weighted by Gasteiger charge is 2.21. The molecule has 0 N–H and O–H groups in total. The average Bonchev–Trinajstić information content (AvgIpc) is 3.19. The van der Waals surface area contributed by atoms with Gasteiger partial charge in [0.1, 0.15) is 5.82 Å². The number of piperidine rings is 1. The SMILES string of the molecule is O=[N+]([O-])c1ccc(CN2CCC(Cn3ccnc3-c3ccccc3)CC2)cc1. The van der Waals surface area contributed by atoms with Crippen molar-refractivity contribution in [3.8, 4) is 11.4 Å². The summed E-state index contributed by atoms with van der Waals surface area (Å²) in [4.78, 5) is 17.4. The molecule has 0 bridgehead atoms. The Balaban J connectivity index is 1.32. The Kier molecular flexibility index (Phi) is 5.48. The molecule has 0 saturated carbocycles. The first-order valence-corrected chi connectivity index (χ1v) is 9.71. The Bertz CT molecular complexity index is 913. The van der Waals surface area contributed by atoms with Gasteiger partial charge in [0.25, 0.3) is 5.69 Å². The molecule has 144 valence electrons. The third-order valence-electron chi connectivity index (χ3n) is 5.46. The first kappa shape index (κ1) is 18.4. The number of imidazole rings is 1. The van der Waals surface area contributed by atoms with Crippen LogP contribution < -0.4 is 0 Å². The van der Waals surface area contributed by atoms with Gasteiger partial charge in [0.2, 0.25) is 0 Å². The van der Waals surface area contributed by atoms with E-state index in [0.29, 0.717) is 5.92 Å². The number of hydrogen-bond acceptors (Lipinski definition) is 4. The van der Waals surface area contributed by atoms with E-state index in [1.54, 1.807) is 12.1 Å². The van der Waals surface area contributed by atoms with Crippen LogP contribution in [0.5, 0.6) is 0 Å². The molecule has 1 aliphatic rings. The van der Waals surface area contributed by atoms with Crippen molar-refractivity contribution in [1.29, 1.82) is 0 Å². The summed E-state index contributed by atoms with van der Waals surface area (Å²) in [5.74, 6) is 1.68. The molecule has 0 unspecified atom stereocenters. The van der Waals surface area contributed by atoms with E-state index in [1.807, 2.05) is 36.5 Å². The molecule has 0 spiro atoms. The zero-order chi connectivity index (χ0) is 19.3. The van der Waals surface area contributed by atoms with Gasteiger partial charge in [-0.2, -0.15) is 0 Å². The van der Waals surface area contributed by atoms with E-state index < -0.39 is 0 Å². The highest BCUT2D eigenvalue weighted by molar-refractivity contribution is 5.55. The van der Waals surface area contributed by atoms with E-state index in [0.717, 1.165) is 56.0 Å². The minimum Gasteiger partial charge on any atom is -0.331 e. The second-order valence-electron chi connectivity index (χ2n) is 7.41. The van der Waals surface area contributed by atoms with Gasteiger partial charge < -0.3 is 4.57 Å². The molecule has 1 aliphatic heterocycles. The molecule has 1 aromatic heterocycles. The fraction of sp³-hybridized carbons (Fsp3) is 0.318. The summed E-state index contributed by atoms with van der Waals surface area (Å²) < 4.78 is 2.27. The molecule has 0 aliphatic carbocycles. The number of benzene rings is 2. The molecule has 0 amide bonds. The zero-order valence-corrected chi connectivity index (χ0v) is 15.8. The zero-order valence-electron chi connectivity index (χ0n) is 15.8. The predicted octanol–water partition coefficient (Wildman–Crippen LogP) is 4.37. The van der Waals surface area contributed by atoms with Gasteiger partial charge in [-0.15, -0.1) is 0 Å². The molecule has 6 heteroatoms. The normalized spacial score (nSPS) is 15.6. The summed E-state index contributed by atoms with van der Waals surface area (Å²) in [6, 6.07) is 17.2. The molecule has 4 rings (SSSR count). The molecule has 6 nitrogen and oxygen atoms in total. The van der Waals surface area contributed by atoms with Gasteiger partial charge in [-0.05, 0) is 37.4 Å². The standard InChI is InChI=1S/C22H24N4O2/c27-26(28)21-8-6-18(7-9-21)16-24-13-10-19(11-14-24)17-25-15-12-23-22(25)20-4-2-1-3-5-20/h1-9,12,15,19H,10-11,13-14,16-17H2. The van der Waals surface area contributed by atoms with Gasteiger partial charge in [-0.1, -0.05) is 42.5 Å². The van der Waals surface area contributed by atoms with Gasteiger partial charge >= 0.3 is 0 Å². The van der Waals surface area contributed by atoms with E-state index in [1.165, 1.54) is 0 Å². The second kappa shape index (κ2) is 8.35. The van der Waals surface area contributed by atoms with Crippen molar-refractivity contribution in [2.45, 2.75) is 25.9 Å². The first-order valence-electron chi connectivity index (χ1n) is 9.71. The average molecular weight is 376 g/mol. The van der Waals surface area contributed by atoms with Crippen LogP contribution in [0.1, 0.15) is 18.4 Å². The summed E-state index contributed by atoms with van der Waals surface area (Å²) in [7, 11) is 0. The van der Waals surface area contributed by atoms with E-state index in [9.17, 15) is 10.1 Å². The Morgan fingerprint density at radius 2 is 1.75 bits per heavy atom. The van der Waals surface area contributed by atoms with Gasteiger partial charge in [-0.25, -0.2) is 4.98 Å². The largest absolute Gasteiger partial charge is 0.331 e. The fourth-order valence-electron chi connectivity index (χ4n) is 3.89. The third-order valence-corrected chi connectivity index (χ3v) is 5.46. The van der Waals surface area contributed by atoms with Crippen LogP contribution in [-0.2, 0) is 13.1 Å². The van der Waals surface area contributed by atoms with Crippen LogP contribution in [0.25, 0.3) is 11.4 Å². The summed E-state index contributed by atoms with van der Waals surface area (Å²) >= 11 is 0. The van der Waals surface area contributed by atoms with Crippen LogP contribution in [0.4, 0.5) is 5.69 Å². The molecular formula is C22H24N4O2. The lowest BCUT2D eigenvalue weighted by Gasteiger charge is -2.32. The van der Waals surface area contributed by atoms with Crippen molar-refractivity contribution < 1.29 is 4.92 Å². The Morgan fingerprint density at radius 3 is 2.43 bits per heavy atom. The Labute approximate surface area is 164 Å². The fourth-order valence-corrected chi connectivity index (χ4v) is 3.89. The molecule has 2 heterocycles. The molecule has 1 fully saturated rings. The predicted molar refractivity (Wildman–Crippen MR) is 109 cm³/mol. The van der Waals surface area contributed by atoms with E-state index >= 15 is 0 Å². The highest BCUT2D eigenvalue weighted by Crippen LogP contribution is 2.24. The monoisotopic (exact) mass is 376 g/mol. The first-order chi connectivity index (χ1) is 13.7. The maximum atomic E-state index is 10.8. The van der Waals surface area contributed by atoms with Crippen molar-refractivity contribution in [1.82, 2.24) is 14.5 Å². The summed E-state index contributed by atoms with van der Waals surface area (Å²) in [5, 5.41) is 10.8. The molecule has 0 atom stereocenters. The molecule has 3 aromatic rings. The summed E-state index contributed by atoms with van der Waals surface area (Å²) in [6.07, 6.45) is 6.26. The maximum Gasteiger partial charge on any atom is 0.269 e. The lowest BCUT2D eigenvalue weighted by atomic mass is 9.96. The van der Waals surface area contributed by atoms with Crippen LogP contribution in [0, 0.1) is 16.0 Å². The number of aromatic nitrogens is 2. The number of nitrogens with zero attached hydrogens (tertiary/aromatic N) is 4. The third kappa shape index (κ3) is 4.28. The molecular weight excluding hydrogens is 352 g/mol. The van der Waals surface area contributed by atoms with Gasteiger partial charge in [-0.3, -0.25) is 15.0 Å². The van der Waals surface area contributed by atoms with Crippen LogP contribution in [0.3, 0.4) is 0 Å². The second-order valence-corrected chi connectivity index (χ2v) is 7.41. The molecule has 2 aromatic carbocycles. The Hall–Kier alpha value is -2.99. The van der Waals surface area contributed by atoms with Crippen molar-refractivity contribution >= 4 is 5.69 Å². The molecule has 28 heavy (non-hydrogen) atoms. The Morgan fingerprint density at radius 1 is 1.04 bits per heavy atom. The smallest absolute Gasteiger partial charge is 0.269 e. The topological polar surface area (TPSA) is 64.2 Å². The van der Waals surface area contributed by atoms with E-state index in [2.05, 4.69) is 32.8 Å². The van der Waals surface area contributed by atoms with Crippen molar-refractivity contribution in [3.63, 3.8) is 0 Å². The van der Waals surface area contributed by atoms with E-state index in [4.69, 9.17) is 0 Å². The number of nitro groups is 1. The van der Waals surface area contributed by atoms with Crippen molar-refractivity contribution in [2.75, 3.05) is 13.1 Å². The van der Waals surface area contributed by atoms with Gasteiger partial charge in [0, 0.05) is 43.2 Å². The van der Waals surface area contributed by atoms with Crippen molar-refractivity contribution in [2.24, 2.45) is 5.92 Å². The van der Waals surface area contributed by atoms with Crippen LogP contribution in [-0.4, -0.2) is 32.5 Å². The van der Waals surface area contributed by atoms with Crippen LogP contribution in [0.2, 0.25) is 0 Å². The summed E-state index contributed by atoms with van der Waals surface area (Å²) in [6.45, 7) is 3.95. The lowest BCUT2D eigenvalue weighted by Crippen LogP contribution is -2.34. The van der Waals surface area contributed by atoms with Gasteiger partial charge in [0.05, 0.1) is 4.92 Å². The number of likely N-dealkylation sites (tertiary alicyclic amines) is 1. The number of hydrogen-bond donors (Lipinski definition) is 0. The highest BCUT2D eigenvalue weighted by atomic mass is 16.6. The molecule has 1 saturated heterocycles. The summed E-state index contributed by atoms with van der Waals surface area (Å²) in [5.41, 5.74) is 2.44. The maximum absolute atomic E-state index is 10.8. The lowest BCUT2D eigenvalue weighted by molar-refractivity contribution is -0.384. The number of rotatable bonds is 6. The number of nitro benzene ring substituents is 1. The van der Waals surface area contributed by atoms with Crippen LogP contribution >= 0.6 is 0 Å². The number of non-ortho nitro benzene ring substituents is 1. The minimum atomic E-state index is -0.352. The van der Waals surface area contributed by atoms with Gasteiger partial charge in [0.15, 0.2) is 0 Å². The van der Waals surface area contributed by atoms with E-state index in [-0.39, 0.29) is 10.6 Å². The van der Waals surface area contributed by atoms with Crippen molar-refractivity contribution in [3.05, 3.63) is 82.7 Å². The van der Waals surface area contributed by atoms with Crippen LogP contribution in [0.15, 0.2) is 67.0 Å². The molecule has 0 radical (unpaired) electrons. The quantitative estimate of drug-likeness (QED) is 0.473. The minimum absolute atomic E-state index is 0.150.